The van der Waals surface area contributed by atoms with Crippen LogP contribution in [0.3, 0.4) is 0 Å². The molecule has 0 amide bonds. The summed E-state index contributed by atoms with van der Waals surface area (Å²) in [6, 6.07) is 13.6. The quantitative estimate of drug-likeness (QED) is 0.894. The van der Waals surface area contributed by atoms with Crippen LogP contribution in [0.15, 0.2) is 42.5 Å². The fraction of sp³-hybridized carbons (Fsp3) is 0.200. The molecule has 0 bridgehead atoms. The molecule has 1 heterocycles. The standard InChI is InChI=1S/C15H13Cl2NO/c16-11-5-6-14(13(17)7-11)18-8-10-9-19-15-4-2-1-3-12(10)15/h1-7,10,18H,8-9H2. The fourth-order valence-electron chi connectivity index (χ4n) is 2.26. The predicted octanol–water partition coefficient (Wildman–Crippen LogP) is 4.58. The van der Waals surface area contributed by atoms with Gasteiger partial charge in [0.15, 0.2) is 0 Å². The Labute approximate surface area is 122 Å². The van der Waals surface area contributed by atoms with E-state index in [-0.39, 0.29) is 0 Å². The van der Waals surface area contributed by atoms with Crippen LogP contribution >= 0.6 is 23.2 Å². The Morgan fingerprint density at radius 2 is 2.00 bits per heavy atom. The summed E-state index contributed by atoms with van der Waals surface area (Å²) >= 11 is 12.0. The Balaban J connectivity index is 1.71. The van der Waals surface area contributed by atoms with Gasteiger partial charge in [-0.3, -0.25) is 0 Å². The molecule has 1 atom stereocenters. The summed E-state index contributed by atoms with van der Waals surface area (Å²) in [6.07, 6.45) is 0. The summed E-state index contributed by atoms with van der Waals surface area (Å²) in [5.74, 6) is 1.33. The Morgan fingerprint density at radius 1 is 1.16 bits per heavy atom. The van der Waals surface area contributed by atoms with Crippen molar-refractivity contribution in [1.29, 1.82) is 0 Å². The summed E-state index contributed by atoms with van der Waals surface area (Å²) in [6.45, 7) is 1.50. The van der Waals surface area contributed by atoms with E-state index < -0.39 is 0 Å². The second kappa shape index (κ2) is 5.32. The molecule has 2 aromatic rings. The molecule has 0 aliphatic carbocycles. The van der Waals surface area contributed by atoms with Crippen molar-refractivity contribution in [2.24, 2.45) is 0 Å². The number of anilines is 1. The van der Waals surface area contributed by atoms with Gasteiger partial charge >= 0.3 is 0 Å². The summed E-state index contributed by atoms with van der Waals surface area (Å²) in [5.41, 5.74) is 2.15. The Hall–Kier alpha value is -1.38. The SMILES string of the molecule is Clc1ccc(NCC2COc3ccccc32)c(Cl)c1. The third kappa shape index (κ3) is 2.65. The molecular weight excluding hydrogens is 281 g/mol. The monoisotopic (exact) mass is 293 g/mol. The van der Waals surface area contributed by atoms with Crippen LogP contribution in [0.1, 0.15) is 11.5 Å². The molecule has 2 nitrogen and oxygen atoms in total. The predicted molar refractivity (Wildman–Crippen MR) is 79.6 cm³/mol. The maximum absolute atomic E-state index is 6.14. The van der Waals surface area contributed by atoms with Crippen LogP contribution in [-0.4, -0.2) is 13.2 Å². The first-order valence-electron chi connectivity index (χ1n) is 6.14. The lowest BCUT2D eigenvalue weighted by Crippen LogP contribution is -2.14. The molecule has 1 unspecified atom stereocenters. The number of ether oxygens (including phenoxy) is 1. The Morgan fingerprint density at radius 3 is 2.84 bits per heavy atom. The van der Waals surface area contributed by atoms with Crippen LogP contribution < -0.4 is 10.1 Å². The van der Waals surface area contributed by atoms with Crippen molar-refractivity contribution in [3.63, 3.8) is 0 Å². The molecule has 0 spiro atoms. The maximum atomic E-state index is 6.14. The average molecular weight is 294 g/mol. The van der Waals surface area contributed by atoms with E-state index in [1.54, 1.807) is 6.07 Å². The number of nitrogens with one attached hydrogen (secondary N) is 1. The minimum absolute atomic E-state index is 0.350. The zero-order chi connectivity index (χ0) is 13.2. The Kier molecular flexibility index (Phi) is 3.54. The van der Waals surface area contributed by atoms with Crippen molar-refractivity contribution in [3.05, 3.63) is 58.1 Å². The minimum Gasteiger partial charge on any atom is -0.493 e. The zero-order valence-electron chi connectivity index (χ0n) is 10.2. The molecule has 4 heteroatoms. The smallest absolute Gasteiger partial charge is 0.122 e. The lowest BCUT2D eigenvalue weighted by Gasteiger charge is -2.13. The number of benzene rings is 2. The molecule has 1 aliphatic rings. The lowest BCUT2D eigenvalue weighted by atomic mass is 10.0. The van der Waals surface area contributed by atoms with Gasteiger partial charge in [-0.1, -0.05) is 41.4 Å². The summed E-state index contributed by atoms with van der Waals surface area (Å²) in [5, 5.41) is 4.63. The fourth-order valence-corrected chi connectivity index (χ4v) is 2.74. The van der Waals surface area contributed by atoms with Crippen molar-refractivity contribution in [2.45, 2.75) is 5.92 Å². The van der Waals surface area contributed by atoms with E-state index in [1.807, 2.05) is 30.3 Å². The third-order valence-electron chi connectivity index (χ3n) is 3.27. The molecule has 0 saturated carbocycles. The highest BCUT2D eigenvalue weighted by Crippen LogP contribution is 2.34. The molecule has 1 aliphatic heterocycles. The first kappa shape index (κ1) is 12.6. The Bertz CT molecular complexity index is 600. The van der Waals surface area contributed by atoms with Gasteiger partial charge in [0.25, 0.3) is 0 Å². The van der Waals surface area contributed by atoms with E-state index in [1.165, 1.54) is 5.56 Å². The van der Waals surface area contributed by atoms with Gasteiger partial charge in [0, 0.05) is 23.0 Å². The van der Waals surface area contributed by atoms with Crippen molar-refractivity contribution in [1.82, 2.24) is 0 Å². The van der Waals surface area contributed by atoms with Crippen LogP contribution in [0.25, 0.3) is 0 Å². The number of hydrogen-bond donors (Lipinski definition) is 1. The van der Waals surface area contributed by atoms with Crippen molar-refractivity contribution in [3.8, 4) is 5.75 Å². The van der Waals surface area contributed by atoms with Crippen LogP contribution in [0.5, 0.6) is 5.75 Å². The molecule has 3 rings (SSSR count). The highest BCUT2D eigenvalue weighted by Gasteiger charge is 2.23. The summed E-state index contributed by atoms with van der Waals surface area (Å²) in [4.78, 5) is 0. The van der Waals surface area contributed by atoms with E-state index >= 15 is 0 Å². The van der Waals surface area contributed by atoms with Crippen molar-refractivity contribution in [2.75, 3.05) is 18.5 Å². The van der Waals surface area contributed by atoms with E-state index in [2.05, 4.69) is 11.4 Å². The number of fused-ring (bicyclic) bond motifs is 1. The van der Waals surface area contributed by atoms with Gasteiger partial charge in [0.05, 0.1) is 17.3 Å². The van der Waals surface area contributed by atoms with E-state index in [4.69, 9.17) is 27.9 Å². The molecule has 0 radical (unpaired) electrons. The van der Waals surface area contributed by atoms with Crippen molar-refractivity contribution < 1.29 is 4.74 Å². The highest BCUT2D eigenvalue weighted by atomic mass is 35.5. The second-order valence-corrected chi connectivity index (χ2v) is 5.39. The largest absolute Gasteiger partial charge is 0.493 e. The van der Waals surface area contributed by atoms with Gasteiger partial charge in [-0.25, -0.2) is 0 Å². The van der Waals surface area contributed by atoms with E-state index in [9.17, 15) is 0 Å². The van der Waals surface area contributed by atoms with E-state index in [0.29, 0.717) is 22.6 Å². The van der Waals surface area contributed by atoms with Crippen LogP contribution in [-0.2, 0) is 0 Å². The van der Waals surface area contributed by atoms with Gasteiger partial charge in [-0.15, -0.1) is 0 Å². The zero-order valence-corrected chi connectivity index (χ0v) is 11.7. The topological polar surface area (TPSA) is 21.3 Å². The van der Waals surface area contributed by atoms with Gasteiger partial charge < -0.3 is 10.1 Å². The van der Waals surface area contributed by atoms with Gasteiger partial charge in [-0.05, 0) is 24.3 Å². The molecule has 98 valence electrons. The molecule has 0 saturated heterocycles. The average Bonchev–Trinajstić information content (AvgIpc) is 2.81. The molecule has 2 aromatic carbocycles. The van der Waals surface area contributed by atoms with Crippen LogP contribution in [0.4, 0.5) is 5.69 Å². The third-order valence-corrected chi connectivity index (χ3v) is 3.82. The lowest BCUT2D eigenvalue weighted by molar-refractivity contribution is 0.334. The minimum atomic E-state index is 0.350. The van der Waals surface area contributed by atoms with E-state index in [0.717, 1.165) is 18.0 Å². The summed E-state index contributed by atoms with van der Waals surface area (Å²) in [7, 11) is 0. The molecule has 0 fully saturated rings. The van der Waals surface area contributed by atoms with Crippen molar-refractivity contribution >= 4 is 28.9 Å². The number of rotatable bonds is 3. The number of para-hydroxylation sites is 1. The first-order chi connectivity index (χ1) is 9.24. The molecule has 0 aromatic heterocycles. The van der Waals surface area contributed by atoms with Crippen LogP contribution in [0, 0.1) is 0 Å². The summed E-state index contributed by atoms with van der Waals surface area (Å²) < 4.78 is 5.65. The van der Waals surface area contributed by atoms with Gasteiger partial charge in [-0.2, -0.15) is 0 Å². The molecule has 19 heavy (non-hydrogen) atoms. The number of hydrogen-bond acceptors (Lipinski definition) is 2. The highest BCUT2D eigenvalue weighted by molar-refractivity contribution is 6.36. The second-order valence-electron chi connectivity index (χ2n) is 4.55. The molecule has 1 N–H and O–H groups in total. The molecular formula is C15H13Cl2NO. The van der Waals surface area contributed by atoms with Gasteiger partial charge in [0.1, 0.15) is 5.75 Å². The number of halogens is 2. The van der Waals surface area contributed by atoms with Crippen LogP contribution in [0.2, 0.25) is 10.0 Å². The maximum Gasteiger partial charge on any atom is 0.122 e. The first-order valence-corrected chi connectivity index (χ1v) is 6.90. The van der Waals surface area contributed by atoms with Gasteiger partial charge in [0.2, 0.25) is 0 Å². The normalized spacial score (nSPS) is 16.8.